The summed E-state index contributed by atoms with van der Waals surface area (Å²) >= 11 is 0. The fraction of sp³-hybridized carbons (Fsp3) is 0.921. The van der Waals surface area contributed by atoms with E-state index in [2.05, 4.69) is 61.5 Å². The van der Waals surface area contributed by atoms with Crippen LogP contribution in [0.5, 0.6) is 0 Å². The third-order valence-corrected chi connectivity index (χ3v) is 14.8. The van der Waals surface area contributed by atoms with Crippen LogP contribution in [0.2, 0.25) is 0 Å². The summed E-state index contributed by atoms with van der Waals surface area (Å²) in [5.74, 6) is 1.03. The van der Waals surface area contributed by atoms with Crippen LogP contribution in [-0.4, -0.2) is 23.8 Å². The van der Waals surface area contributed by atoms with Crippen molar-refractivity contribution >= 4 is 5.97 Å². The maximum absolute atomic E-state index is 12.9. The molecule has 0 aromatic rings. The molecule has 0 aromatic carbocycles. The topological polar surface area (TPSA) is 46.5 Å². The molecule has 234 valence electrons. The second kappa shape index (κ2) is 11.0. The van der Waals surface area contributed by atoms with Gasteiger partial charge < -0.3 is 9.84 Å². The molecule has 0 unspecified atom stereocenters. The average molecular weight is 569 g/mol. The zero-order chi connectivity index (χ0) is 29.9. The molecular formula is C38H64O3. The van der Waals surface area contributed by atoms with Crippen molar-refractivity contribution in [3.8, 4) is 0 Å². The van der Waals surface area contributed by atoms with E-state index in [0.29, 0.717) is 23.4 Å². The quantitative estimate of drug-likeness (QED) is 0.222. The molecule has 0 bridgehead atoms. The molecule has 0 aromatic heterocycles. The van der Waals surface area contributed by atoms with Crippen molar-refractivity contribution in [3.05, 3.63) is 11.6 Å². The first-order valence-electron chi connectivity index (χ1n) is 17.7. The largest absolute Gasteiger partial charge is 0.481 e. The summed E-state index contributed by atoms with van der Waals surface area (Å²) in [7, 11) is 0. The molecule has 0 amide bonds. The lowest BCUT2D eigenvalue weighted by atomic mass is 9.33. The van der Waals surface area contributed by atoms with Crippen molar-refractivity contribution in [2.75, 3.05) is 6.61 Å². The van der Waals surface area contributed by atoms with Gasteiger partial charge in [-0.2, -0.15) is 0 Å². The molecule has 5 aliphatic rings. The van der Waals surface area contributed by atoms with E-state index in [1.165, 1.54) is 64.2 Å². The molecule has 0 saturated heterocycles. The molecule has 0 radical (unpaired) electrons. The highest BCUT2D eigenvalue weighted by Crippen LogP contribution is 2.75. The van der Waals surface area contributed by atoms with E-state index in [9.17, 15) is 9.90 Å². The summed E-state index contributed by atoms with van der Waals surface area (Å²) in [6.45, 7) is 20.9. The maximum Gasteiger partial charge on any atom is 0.310 e. The molecule has 5 rings (SSSR count). The van der Waals surface area contributed by atoms with Crippen LogP contribution in [0, 0.1) is 50.2 Å². The molecular weight excluding hydrogens is 504 g/mol. The molecule has 41 heavy (non-hydrogen) atoms. The highest BCUT2D eigenvalue weighted by molar-refractivity contribution is 5.76. The van der Waals surface area contributed by atoms with Crippen LogP contribution in [0.3, 0.4) is 0 Å². The molecule has 8 atom stereocenters. The lowest BCUT2D eigenvalue weighted by molar-refractivity contribution is -0.213. The minimum atomic E-state index is -0.543. The van der Waals surface area contributed by atoms with Crippen molar-refractivity contribution in [3.63, 3.8) is 0 Å². The Balaban J connectivity index is 1.37. The Morgan fingerprint density at radius 3 is 2.24 bits per heavy atom. The number of rotatable bonds is 9. The van der Waals surface area contributed by atoms with Crippen LogP contribution < -0.4 is 0 Å². The molecule has 5 aliphatic carbocycles. The van der Waals surface area contributed by atoms with E-state index in [1.807, 2.05) is 0 Å². The fourth-order valence-electron chi connectivity index (χ4n) is 12.0. The number of unbranched alkanes of at least 4 members (excludes halogenated alkanes) is 5. The number of carboxylic acids is 1. The van der Waals surface area contributed by atoms with Gasteiger partial charge in [0.1, 0.15) is 0 Å². The van der Waals surface area contributed by atoms with Gasteiger partial charge in [0, 0.05) is 6.61 Å². The number of hydrogen-bond donors (Lipinski definition) is 1. The van der Waals surface area contributed by atoms with E-state index in [4.69, 9.17) is 4.74 Å². The SMILES string of the molecule is CCCCCCCCO[C@H]1CC[C@]2(C)[C@H]3CC=C4[C@@H]5CC(C)(C)CC[C@]5(C(=O)O)CC[C@@]4(C)[C@]3(C)CC[C@H]2C1(C)C. The van der Waals surface area contributed by atoms with Crippen molar-refractivity contribution in [1.82, 2.24) is 0 Å². The molecule has 1 N–H and O–H groups in total. The van der Waals surface area contributed by atoms with Gasteiger partial charge in [-0.15, -0.1) is 0 Å². The molecule has 4 saturated carbocycles. The van der Waals surface area contributed by atoms with E-state index in [1.54, 1.807) is 5.57 Å². The predicted molar refractivity (Wildman–Crippen MR) is 170 cm³/mol. The van der Waals surface area contributed by atoms with E-state index >= 15 is 0 Å². The Bertz CT molecular complexity index is 1010. The van der Waals surface area contributed by atoms with Crippen LogP contribution in [0.15, 0.2) is 11.6 Å². The lowest BCUT2D eigenvalue weighted by Gasteiger charge is -2.71. The predicted octanol–water partition coefficient (Wildman–Crippen LogP) is 10.6. The number of carboxylic acid groups (broad SMARTS) is 1. The number of hydrogen-bond acceptors (Lipinski definition) is 2. The smallest absolute Gasteiger partial charge is 0.310 e. The monoisotopic (exact) mass is 568 g/mol. The summed E-state index contributed by atoms with van der Waals surface area (Å²) in [4.78, 5) is 12.9. The van der Waals surface area contributed by atoms with Gasteiger partial charge >= 0.3 is 5.97 Å². The molecule has 3 nitrogen and oxygen atoms in total. The van der Waals surface area contributed by atoms with Crippen LogP contribution in [0.1, 0.15) is 158 Å². The summed E-state index contributed by atoms with van der Waals surface area (Å²) in [5, 5.41) is 10.6. The molecule has 4 fully saturated rings. The third kappa shape index (κ3) is 4.89. The van der Waals surface area contributed by atoms with Gasteiger partial charge in [0.15, 0.2) is 0 Å². The molecule has 0 spiro atoms. The van der Waals surface area contributed by atoms with Crippen molar-refractivity contribution in [1.29, 1.82) is 0 Å². The number of fused-ring (bicyclic) bond motifs is 7. The Labute approximate surface area is 253 Å². The Kier molecular flexibility index (Phi) is 8.44. The van der Waals surface area contributed by atoms with Crippen molar-refractivity contribution < 1.29 is 14.6 Å². The number of aliphatic carboxylic acids is 1. The first-order chi connectivity index (χ1) is 19.2. The summed E-state index contributed by atoms with van der Waals surface area (Å²) in [6, 6.07) is 0. The van der Waals surface area contributed by atoms with E-state index in [-0.39, 0.29) is 27.6 Å². The first kappa shape index (κ1) is 31.6. The van der Waals surface area contributed by atoms with Crippen molar-refractivity contribution in [2.45, 2.75) is 164 Å². The standard InChI is InChI=1S/C38H64O3/c1-9-10-11-12-13-14-25-41-31-18-19-35(6)29(34(31,4)5)17-20-37(8)30(35)16-15-27-28-26-33(2,3)21-23-38(28,32(39)40)24-22-36(27,37)7/h15,28-31H,9-14,16-26H2,1-8H3,(H,39,40)/t28-,29-,30+,31-,35-,36+,37+,38-/m0/s1. The third-order valence-electron chi connectivity index (χ3n) is 14.8. The van der Waals surface area contributed by atoms with Crippen LogP contribution in [0.4, 0.5) is 0 Å². The Morgan fingerprint density at radius 2 is 1.54 bits per heavy atom. The maximum atomic E-state index is 12.9. The summed E-state index contributed by atoms with van der Waals surface area (Å²) < 4.78 is 6.71. The Hall–Kier alpha value is -0.830. The highest BCUT2D eigenvalue weighted by Gasteiger charge is 2.69. The summed E-state index contributed by atoms with van der Waals surface area (Å²) in [6.07, 6.45) is 21.9. The minimum Gasteiger partial charge on any atom is -0.481 e. The van der Waals surface area contributed by atoms with Gasteiger partial charge in [0.2, 0.25) is 0 Å². The van der Waals surface area contributed by atoms with Crippen LogP contribution in [-0.2, 0) is 9.53 Å². The van der Waals surface area contributed by atoms with Gasteiger partial charge in [0.05, 0.1) is 11.5 Å². The molecule has 3 heteroatoms. The van der Waals surface area contributed by atoms with Gasteiger partial charge in [-0.25, -0.2) is 0 Å². The average Bonchev–Trinajstić information content (AvgIpc) is 2.89. The van der Waals surface area contributed by atoms with E-state index in [0.717, 1.165) is 45.1 Å². The van der Waals surface area contributed by atoms with Crippen molar-refractivity contribution in [2.24, 2.45) is 50.2 Å². The van der Waals surface area contributed by atoms with Gasteiger partial charge in [-0.05, 0) is 115 Å². The number of ether oxygens (including phenoxy) is 1. The fourth-order valence-corrected chi connectivity index (χ4v) is 12.0. The van der Waals surface area contributed by atoms with Crippen LogP contribution in [0.25, 0.3) is 0 Å². The van der Waals surface area contributed by atoms with Crippen LogP contribution >= 0.6 is 0 Å². The normalized spacial score (nSPS) is 44.5. The molecule has 0 heterocycles. The van der Waals surface area contributed by atoms with Gasteiger partial charge in [0.25, 0.3) is 0 Å². The molecule has 0 aliphatic heterocycles. The first-order valence-corrected chi connectivity index (χ1v) is 17.7. The lowest BCUT2D eigenvalue weighted by Crippen LogP contribution is -2.65. The zero-order valence-electron chi connectivity index (χ0n) is 28.2. The van der Waals surface area contributed by atoms with E-state index < -0.39 is 11.4 Å². The Morgan fingerprint density at radius 1 is 0.854 bits per heavy atom. The minimum absolute atomic E-state index is 0.107. The van der Waals surface area contributed by atoms with Gasteiger partial charge in [-0.3, -0.25) is 4.79 Å². The number of allylic oxidation sites excluding steroid dienone is 2. The summed E-state index contributed by atoms with van der Waals surface area (Å²) in [5.41, 5.74) is 2.08. The highest BCUT2D eigenvalue weighted by atomic mass is 16.5. The zero-order valence-corrected chi connectivity index (χ0v) is 28.2. The number of carbonyl (C=O) groups is 1. The van der Waals surface area contributed by atoms with Gasteiger partial charge in [-0.1, -0.05) is 99.1 Å². The second-order valence-electron chi connectivity index (χ2n) is 17.7. The second-order valence-corrected chi connectivity index (χ2v) is 17.7.